The van der Waals surface area contributed by atoms with Crippen LogP contribution in [0.2, 0.25) is 0 Å². The van der Waals surface area contributed by atoms with Crippen LogP contribution in [0.5, 0.6) is 0 Å². The van der Waals surface area contributed by atoms with Crippen molar-refractivity contribution >= 4 is 23.6 Å². The molecule has 0 aliphatic rings. The van der Waals surface area contributed by atoms with Gasteiger partial charge >= 0.3 is 11.9 Å². The third kappa shape index (κ3) is 4.95. The molecule has 0 amide bonds. The van der Waals surface area contributed by atoms with Crippen molar-refractivity contribution in [1.82, 2.24) is 9.97 Å². The highest BCUT2D eigenvalue weighted by Gasteiger charge is 2.09. The second kappa shape index (κ2) is 7.74. The molecular formula is C15H18N4O4. The average Bonchev–Trinajstić information content (AvgIpc) is 2.46. The number of ether oxygens (including phenoxy) is 1. The minimum atomic E-state index is -0.977. The Morgan fingerprint density at radius 2 is 1.39 bits per heavy atom. The van der Waals surface area contributed by atoms with Crippen molar-refractivity contribution in [3.63, 3.8) is 0 Å². The number of anilines is 2. The number of nitrogens with two attached hydrogens (primary N) is 2. The van der Waals surface area contributed by atoms with Gasteiger partial charge in [0.2, 0.25) is 0 Å². The van der Waals surface area contributed by atoms with Crippen LogP contribution in [-0.2, 0) is 4.74 Å². The minimum absolute atomic E-state index is 0.194. The third-order valence-electron chi connectivity index (χ3n) is 2.85. The summed E-state index contributed by atoms with van der Waals surface area (Å²) in [4.78, 5) is 29.2. The van der Waals surface area contributed by atoms with Crippen molar-refractivity contribution in [2.75, 3.05) is 18.6 Å². The van der Waals surface area contributed by atoms with Gasteiger partial charge in [-0.3, -0.25) is 0 Å². The summed E-state index contributed by atoms with van der Waals surface area (Å²) in [6.07, 6.45) is 0. The van der Waals surface area contributed by atoms with Gasteiger partial charge in [-0.25, -0.2) is 19.6 Å². The van der Waals surface area contributed by atoms with Crippen molar-refractivity contribution in [1.29, 1.82) is 0 Å². The number of aromatic nitrogens is 2. The number of nitrogen functional groups attached to an aromatic ring is 2. The number of aryl methyl sites for hydroxylation is 2. The summed E-state index contributed by atoms with van der Waals surface area (Å²) in [5, 5.41) is 8.58. The number of pyridine rings is 2. The highest BCUT2D eigenvalue weighted by atomic mass is 16.5. The molecule has 0 radical (unpaired) electrons. The number of hydrogen-bond donors (Lipinski definition) is 3. The number of methoxy groups -OCH3 is 1. The monoisotopic (exact) mass is 318 g/mol. The van der Waals surface area contributed by atoms with Gasteiger partial charge in [0.15, 0.2) is 0 Å². The van der Waals surface area contributed by atoms with Crippen molar-refractivity contribution in [3.8, 4) is 0 Å². The van der Waals surface area contributed by atoms with Crippen LogP contribution in [0.4, 0.5) is 11.6 Å². The lowest BCUT2D eigenvalue weighted by Crippen LogP contribution is -2.06. The summed E-state index contributed by atoms with van der Waals surface area (Å²) >= 11 is 0. The molecule has 2 rings (SSSR count). The van der Waals surface area contributed by atoms with Crippen LogP contribution in [0, 0.1) is 13.8 Å². The zero-order chi connectivity index (χ0) is 17.6. The lowest BCUT2D eigenvalue weighted by Gasteiger charge is -2.02. The number of carboxylic acid groups (broad SMARTS) is 1. The first-order chi connectivity index (χ1) is 10.8. The molecule has 0 atom stereocenters. The molecule has 0 saturated heterocycles. The molecule has 0 fully saturated rings. The standard InChI is InChI=1S/C8H10N2O2.C7H8N2O2/c1-5-6(8(11)12-2)3-4-7(9)10-5;1-4-5(7(10)11)2-3-6(8)9-4/h3-4H,1-2H3,(H2,9,10);2-3H,1H3,(H2,8,9)(H,10,11). The van der Waals surface area contributed by atoms with Crippen LogP contribution in [0.1, 0.15) is 32.1 Å². The Kier molecular flexibility index (Phi) is 6.02. The normalized spacial score (nSPS) is 9.52. The van der Waals surface area contributed by atoms with Crippen LogP contribution >= 0.6 is 0 Å². The fraction of sp³-hybridized carbons (Fsp3) is 0.200. The van der Waals surface area contributed by atoms with E-state index in [2.05, 4.69) is 14.7 Å². The maximum atomic E-state index is 11.0. The topological polar surface area (TPSA) is 141 Å². The molecule has 5 N–H and O–H groups in total. The number of carbonyl (C=O) groups excluding carboxylic acids is 1. The maximum Gasteiger partial charge on any atom is 0.339 e. The van der Waals surface area contributed by atoms with Gasteiger partial charge in [-0.15, -0.1) is 0 Å². The molecule has 0 aliphatic carbocycles. The van der Waals surface area contributed by atoms with E-state index < -0.39 is 5.97 Å². The van der Waals surface area contributed by atoms with E-state index in [9.17, 15) is 9.59 Å². The lowest BCUT2D eigenvalue weighted by molar-refractivity contribution is 0.0598. The second-order valence-electron chi connectivity index (χ2n) is 4.53. The van der Waals surface area contributed by atoms with Gasteiger partial charge in [-0.1, -0.05) is 0 Å². The van der Waals surface area contributed by atoms with Gasteiger partial charge in [-0.2, -0.15) is 0 Å². The molecule has 8 nitrogen and oxygen atoms in total. The number of rotatable bonds is 2. The Morgan fingerprint density at radius 3 is 1.74 bits per heavy atom. The summed E-state index contributed by atoms with van der Waals surface area (Å²) in [6, 6.07) is 6.08. The molecule has 23 heavy (non-hydrogen) atoms. The first kappa shape index (κ1) is 17.9. The van der Waals surface area contributed by atoms with Crippen LogP contribution in [0.25, 0.3) is 0 Å². The number of carboxylic acids is 1. The van der Waals surface area contributed by atoms with E-state index in [4.69, 9.17) is 16.6 Å². The Morgan fingerprint density at radius 1 is 0.957 bits per heavy atom. The van der Waals surface area contributed by atoms with E-state index in [0.29, 0.717) is 28.6 Å². The fourth-order valence-corrected chi connectivity index (χ4v) is 1.71. The molecule has 2 aromatic heterocycles. The van der Waals surface area contributed by atoms with Crippen LogP contribution in [-0.4, -0.2) is 34.1 Å². The SMILES string of the molecule is COC(=O)c1ccc(N)nc1C.Cc1nc(N)ccc1C(=O)O. The summed E-state index contributed by atoms with van der Waals surface area (Å²) < 4.78 is 4.54. The number of carbonyl (C=O) groups is 2. The summed E-state index contributed by atoms with van der Waals surface area (Å²) in [7, 11) is 1.33. The zero-order valence-electron chi connectivity index (χ0n) is 13.0. The number of nitrogens with zero attached hydrogens (tertiary/aromatic N) is 2. The Balaban J connectivity index is 0.000000231. The molecule has 0 spiro atoms. The highest BCUT2D eigenvalue weighted by Crippen LogP contribution is 2.09. The van der Waals surface area contributed by atoms with Crippen molar-refractivity contribution in [2.24, 2.45) is 0 Å². The molecule has 0 saturated carbocycles. The average molecular weight is 318 g/mol. The maximum absolute atomic E-state index is 11.0. The fourth-order valence-electron chi connectivity index (χ4n) is 1.71. The predicted molar refractivity (Wildman–Crippen MR) is 85.1 cm³/mol. The predicted octanol–water partition coefficient (Wildman–Crippen LogP) is 1.43. The zero-order valence-corrected chi connectivity index (χ0v) is 13.0. The van der Waals surface area contributed by atoms with Gasteiger partial charge in [-0.05, 0) is 38.1 Å². The molecule has 0 aliphatic heterocycles. The van der Waals surface area contributed by atoms with Gasteiger partial charge in [0.25, 0.3) is 0 Å². The van der Waals surface area contributed by atoms with E-state index in [0.717, 1.165) is 0 Å². The number of aromatic carboxylic acids is 1. The number of hydrogen-bond acceptors (Lipinski definition) is 7. The summed E-state index contributed by atoms with van der Waals surface area (Å²) in [5.74, 6) is -0.623. The second-order valence-corrected chi connectivity index (χ2v) is 4.53. The van der Waals surface area contributed by atoms with E-state index in [1.165, 1.54) is 19.2 Å². The van der Waals surface area contributed by atoms with Crippen LogP contribution in [0.3, 0.4) is 0 Å². The Hall–Kier alpha value is -3.16. The van der Waals surface area contributed by atoms with Crippen molar-refractivity contribution in [2.45, 2.75) is 13.8 Å². The molecule has 0 bridgehead atoms. The van der Waals surface area contributed by atoms with Crippen LogP contribution in [0.15, 0.2) is 24.3 Å². The minimum Gasteiger partial charge on any atom is -0.478 e. The molecule has 8 heteroatoms. The quantitative estimate of drug-likeness (QED) is 0.706. The van der Waals surface area contributed by atoms with Gasteiger partial charge in [0.1, 0.15) is 11.6 Å². The Bertz CT molecular complexity index is 731. The van der Waals surface area contributed by atoms with Gasteiger partial charge in [0, 0.05) is 0 Å². The van der Waals surface area contributed by atoms with E-state index >= 15 is 0 Å². The van der Waals surface area contributed by atoms with Crippen molar-refractivity contribution in [3.05, 3.63) is 46.8 Å². The number of esters is 1. The van der Waals surface area contributed by atoms with E-state index in [-0.39, 0.29) is 11.5 Å². The lowest BCUT2D eigenvalue weighted by atomic mass is 10.2. The molecule has 2 aromatic rings. The summed E-state index contributed by atoms with van der Waals surface area (Å²) in [5.41, 5.74) is 12.4. The smallest absolute Gasteiger partial charge is 0.339 e. The third-order valence-corrected chi connectivity index (χ3v) is 2.85. The van der Waals surface area contributed by atoms with Crippen molar-refractivity contribution < 1.29 is 19.4 Å². The largest absolute Gasteiger partial charge is 0.478 e. The molecular weight excluding hydrogens is 300 g/mol. The van der Waals surface area contributed by atoms with Crippen LogP contribution < -0.4 is 11.5 Å². The van der Waals surface area contributed by atoms with Gasteiger partial charge in [0.05, 0.1) is 29.6 Å². The summed E-state index contributed by atoms with van der Waals surface area (Å²) in [6.45, 7) is 3.32. The molecule has 2 heterocycles. The first-order valence-electron chi connectivity index (χ1n) is 6.54. The Labute approximate surface area is 133 Å². The molecule has 122 valence electrons. The van der Waals surface area contributed by atoms with Gasteiger partial charge < -0.3 is 21.3 Å². The van der Waals surface area contributed by atoms with E-state index in [1.54, 1.807) is 26.0 Å². The van der Waals surface area contributed by atoms with E-state index in [1.807, 2.05) is 0 Å². The highest BCUT2D eigenvalue weighted by molar-refractivity contribution is 5.90. The molecule has 0 aromatic carbocycles. The first-order valence-corrected chi connectivity index (χ1v) is 6.54. The molecule has 0 unspecified atom stereocenters.